The van der Waals surface area contributed by atoms with E-state index in [0.29, 0.717) is 11.5 Å². The number of carbonyl (C=O) groups is 3. The Morgan fingerprint density at radius 2 is 1.80 bits per heavy atom. The van der Waals surface area contributed by atoms with Crippen LogP contribution < -0.4 is 10.1 Å². The molecule has 0 unspecified atom stereocenters. The minimum atomic E-state index is -0.901. The molecule has 2 rings (SSSR count). The Kier molecular flexibility index (Phi) is 6.58. The molecule has 8 nitrogen and oxygen atoms in total. The summed E-state index contributed by atoms with van der Waals surface area (Å²) in [5.74, 6) is -0.614. The second-order valence-corrected chi connectivity index (χ2v) is 4.71. The summed E-state index contributed by atoms with van der Waals surface area (Å²) in [6, 6.07) is 12.1. The van der Waals surface area contributed by atoms with E-state index in [2.05, 4.69) is 4.74 Å². The van der Waals surface area contributed by atoms with Crippen LogP contribution in [0.1, 0.15) is 23.2 Å². The van der Waals surface area contributed by atoms with Gasteiger partial charge in [0.2, 0.25) is 5.76 Å². The fourth-order valence-corrected chi connectivity index (χ4v) is 1.76. The van der Waals surface area contributed by atoms with Crippen molar-refractivity contribution in [2.45, 2.75) is 13.5 Å². The summed E-state index contributed by atoms with van der Waals surface area (Å²) in [6.07, 6.45) is -0.901. The molecule has 8 heteroatoms. The first kappa shape index (κ1) is 18.1. The standard InChI is InChI=1S/C17H17NO7/c1-2-22-17(21)18-15(19)11-24-16(20)14-9-8-13(25-14)10-23-12-6-4-3-5-7-12/h3-9H,2,10-11H2,1H3,(H,18,19,21). The Balaban J connectivity index is 1.78. The highest BCUT2D eigenvalue weighted by molar-refractivity contribution is 5.94. The molecular weight excluding hydrogens is 330 g/mol. The topological polar surface area (TPSA) is 104 Å². The van der Waals surface area contributed by atoms with E-state index in [1.807, 2.05) is 23.5 Å². The number of rotatable bonds is 7. The van der Waals surface area contributed by atoms with Gasteiger partial charge in [0.1, 0.15) is 18.1 Å². The van der Waals surface area contributed by atoms with E-state index < -0.39 is 24.6 Å². The van der Waals surface area contributed by atoms with Crippen molar-refractivity contribution in [2.24, 2.45) is 0 Å². The van der Waals surface area contributed by atoms with E-state index >= 15 is 0 Å². The van der Waals surface area contributed by atoms with E-state index in [-0.39, 0.29) is 19.0 Å². The van der Waals surface area contributed by atoms with Crippen molar-refractivity contribution in [3.8, 4) is 5.75 Å². The average molecular weight is 347 g/mol. The molecule has 0 fully saturated rings. The van der Waals surface area contributed by atoms with Crippen LogP contribution in [0.3, 0.4) is 0 Å². The maximum atomic E-state index is 11.8. The molecule has 0 aliphatic heterocycles. The highest BCUT2D eigenvalue weighted by Gasteiger charge is 2.16. The summed E-state index contributed by atoms with van der Waals surface area (Å²) in [7, 11) is 0. The van der Waals surface area contributed by atoms with Gasteiger partial charge in [0.05, 0.1) is 6.61 Å². The Morgan fingerprint density at radius 3 is 2.52 bits per heavy atom. The van der Waals surface area contributed by atoms with E-state index in [1.165, 1.54) is 6.07 Å². The second kappa shape index (κ2) is 9.11. The summed E-state index contributed by atoms with van der Waals surface area (Å²) >= 11 is 0. The molecule has 0 aliphatic carbocycles. The summed E-state index contributed by atoms with van der Waals surface area (Å²) in [5, 5.41) is 1.90. The molecule has 0 bridgehead atoms. The molecule has 0 saturated carbocycles. The Hall–Kier alpha value is -3.29. The van der Waals surface area contributed by atoms with Gasteiger partial charge in [-0.15, -0.1) is 0 Å². The normalized spacial score (nSPS) is 9.96. The number of furan rings is 1. The van der Waals surface area contributed by atoms with E-state index in [4.69, 9.17) is 13.9 Å². The van der Waals surface area contributed by atoms with Crippen molar-refractivity contribution in [2.75, 3.05) is 13.2 Å². The van der Waals surface area contributed by atoms with Crippen LogP contribution in [-0.2, 0) is 20.9 Å². The predicted molar refractivity (Wildman–Crippen MR) is 84.9 cm³/mol. The zero-order valence-corrected chi connectivity index (χ0v) is 13.5. The van der Waals surface area contributed by atoms with E-state index in [1.54, 1.807) is 25.1 Å². The zero-order valence-electron chi connectivity index (χ0n) is 13.5. The van der Waals surface area contributed by atoms with Gasteiger partial charge in [-0.3, -0.25) is 10.1 Å². The number of para-hydroxylation sites is 1. The van der Waals surface area contributed by atoms with Gasteiger partial charge in [-0.25, -0.2) is 9.59 Å². The highest BCUT2D eigenvalue weighted by Crippen LogP contribution is 2.14. The van der Waals surface area contributed by atoms with Crippen LogP contribution in [0.2, 0.25) is 0 Å². The van der Waals surface area contributed by atoms with E-state index in [0.717, 1.165) is 0 Å². The fraction of sp³-hybridized carbons (Fsp3) is 0.235. The monoisotopic (exact) mass is 347 g/mol. The van der Waals surface area contributed by atoms with Gasteiger partial charge in [0.25, 0.3) is 5.91 Å². The Morgan fingerprint density at radius 1 is 1.04 bits per heavy atom. The molecule has 2 amide bonds. The van der Waals surface area contributed by atoms with Crippen molar-refractivity contribution in [1.82, 2.24) is 5.32 Å². The Labute approximate surface area is 143 Å². The minimum Gasteiger partial charge on any atom is -0.486 e. The van der Waals surface area contributed by atoms with Crippen LogP contribution in [0.5, 0.6) is 5.75 Å². The molecule has 1 aromatic carbocycles. The van der Waals surface area contributed by atoms with Gasteiger partial charge in [-0.1, -0.05) is 18.2 Å². The molecule has 1 heterocycles. The number of imide groups is 1. The number of hydrogen-bond donors (Lipinski definition) is 1. The average Bonchev–Trinajstić information content (AvgIpc) is 3.08. The first-order valence-corrected chi connectivity index (χ1v) is 7.48. The number of esters is 1. The maximum Gasteiger partial charge on any atom is 0.413 e. The molecule has 0 radical (unpaired) electrons. The number of alkyl carbamates (subject to hydrolysis) is 1. The fourth-order valence-electron chi connectivity index (χ4n) is 1.76. The number of ether oxygens (including phenoxy) is 3. The molecule has 1 N–H and O–H groups in total. The quantitative estimate of drug-likeness (QED) is 0.766. The molecule has 0 saturated heterocycles. The lowest BCUT2D eigenvalue weighted by atomic mass is 10.3. The van der Waals surface area contributed by atoms with Crippen molar-refractivity contribution >= 4 is 18.0 Å². The lowest BCUT2D eigenvalue weighted by Crippen LogP contribution is -2.34. The van der Waals surface area contributed by atoms with Crippen LogP contribution in [0.4, 0.5) is 4.79 Å². The number of benzene rings is 1. The third kappa shape index (κ3) is 6.02. The minimum absolute atomic E-state index is 0.0735. The summed E-state index contributed by atoms with van der Waals surface area (Å²) < 4.78 is 20.1. The largest absolute Gasteiger partial charge is 0.486 e. The predicted octanol–water partition coefficient (Wildman–Crippen LogP) is 2.29. The molecule has 0 aliphatic rings. The van der Waals surface area contributed by atoms with Crippen LogP contribution >= 0.6 is 0 Å². The lowest BCUT2D eigenvalue weighted by molar-refractivity contribution is -0.123. The van der Waals surface area contributed by atoms with Gasteiger partial charge in [-0.2, -0.15) is 0 Å². The van der Waals surface area contributed by atoms with Crippen LogP contribution in [0, 0.1) is 0 Å². The van der Waals surface area contributed by atoms with Crippen LogP contribution in [-0.4, -0.2) is 31.2 Å². The molecule has 0 atom stereocenters. The SMILES string of the molecule is CCOC(=O)NC(=O)COC(=O)c1ccc(COc2ccccc2)o1. The van der Waals surface area contributed by atoms with Gasteiger partial charge in [0.15, 0.2) is 6.61 Å². The summed E-state index contributed by atoms with van der Waals surface area (Å²) in [4.78, 5) is 34.2. The van der Waals surface area contributed by atoms with Gasteiger partial charge in [0, 0.05) is 0 Å². The number of carbonyl (C=O) groups excluding carboxylic acids is 3. The van der Waals surface area contributed by atoms with Gasteiger partial charge in [-0.05, 0) is 31.2 Å². The summed E-state index contributed by atoms with van der Waals surface area (Å²) in [5.41, 5.74) is 0. The van der Waals surface area contributed by atoms with Crippen molar-refractivity contribution in [3.05, 3.63) is 54.0 Å². The number of nitrogens with one attached hydrogen (secondary N) is 1. The first-order chi connectivity index (χ1) is 12.1. The number of hydrogen-bond acceptors (Lipinski definition) is 7. The first-order valence-electron chi connectivity index (χ1n) is 7.48. The van der Waals surface area contributed by atoms with E-state index in [9.17, 15) is 14.4 Å². The highest BCUT2D eigenvalue weighted by atomic mass is 16.6. The van der Waals surface area contributed by atoms with Crippen molar-refractivity contribution < 1.29 is 33.0 Å². The van der Waals surface area contributed by atoms with Crippen LogP contribution in [0.25, 0.3) is 0 Å². The third-order valence-electron chi connectivity index (χ3n) is 2.84. The molecule has 25 heavy (non-hydrogen) atoms. The molecule has 2 aromatic rings. The van der Waals surface area contributed by atoms with Crippen LogP contribution in [0.15, 0.2) is 46.9 Å². The van der Waals surface area contributed by atoms with Crippen molar-refractivity contribution in [1.29, 1.82) is 0 Å². The second-order valence-electron chi connectivity index (χ2n) is 4.71. The Bertz CT molecular complexity index is 724. The smallest absolute Gasteiger partial charge is 0.413 e. The zero-order chi connectivity index (χ0) is 18.1. The summed E-state index contributed by atoms with van der Waals surface area (Å²) in [6.45, 7) is 1.23. The molecular formula is C17H17NO7. The van der Waals surface area contributed by atoms with Gasteiger partial charge >= 0.3 is 12.1 Å². The van der Waals surface area contributed by atoms with Crippen molar-refractivity contribution in [3.63, 3.8) is 0 Å². The lowest BCUT2D eigenvalue weighted by Gasteiger charge is -2.05. The van der Waals surface area contributed by atoms with Gasteiger partial charge < -0.3 is 18.6 Å². The third-order valence-corrected chi connectivity index (χ3v) is 2.84. The maximum absolute atomic E-state index is 11.8. The molecule has 1 aromatic heterocycles. The molecule has 132 valence electrons. The molecule has 0 spiro atoms. The number of amides is 2.